The van der Waals surface area contributed by atoms with Gasteiger partial charge in [0.05, 0.1) is 36.7 Å². The summed E-state index contributed by atoms with van der Waals surface area (Å²) in [4.78, 5) is 57.1. The Labute approximate surface area is 277 Å². The largest absolute Gasteiger partial charge is 0.378 e. The Morgan fingerprint density at radius 2 is 1.73 bits per heavy atom. The standard InChI is InChI=1S/C36H38N8O4/c1-36(2)16-21-14-27-35(47)44(13-12-43(27)28(21)17-36)33-30-24(6-7-37-33)25-15-26(34(46)40(3)31(25)32(30)45)39-29-5-4-22(18-38-29)41-8-10-42(11-9-41)23-19-48-20-23/h4-7,14-15,18,23H,8-13,16-17,19-20H2,1-3H3,(H,38,39). The number of rotatable bonds is 5. The molecule has 2 fully saturated rings. The summed E-state index contributed by atoms with van der Waals surface area (Å²) in [6, 6.07) is 9.98. The first-order chi connectivity index (χ1) is 23.2. The van der Waals surface area contributed by atoms with E-state index in [0.717, 1.165) is 57.9 Å². The molecule has 1 N–H and O–H groups in total. The first-order valence-electron chi connectivity index (χ1n) is 16.8. The van der Waals surface area contributed by atoms with Crippen molar-refractivity contribution in [3.05, 3.63) is 81.3 Å². The number of carbonyl (C=O) groups excluding carboxylic acids is 2. The van der Waals surface area contributed by atoms with Gasteiger partial charge in [-0.3, -0.25) is 24.2 Å². The fraction of sp³-hybridized carbons (Fsp3) is 0.417. The average Bonchev–Trinajstić information content (AvgIpc) is 3.65. The van der Waals surface area contributed by atoms with Crippen LogP contribution in [0.1, 0.15) is 51.6 Å². The number of nitrogens with zero attached hydrogens (tertiary/aromatic N) is 7. The molecule has 4 aromatic rings. The molecule has 4 aromatic heterocycles. The van der Waals surface area contributed by atoms with Crippen LogP contribution in [0.3, 0.4) is 0 Å². The summed E-state index contributed by atoms with van der Waals surface area (Å²) in [6.07, 6.45) is 5.36. The molecular formula is C36H38N8O4. The van der Waals surface area contributed by atoms with Crippen molar-refractivity contribution in [3.63, 3.8) is 0 Å². The van der Waals surface area contributed by atoms with Crippen LogP contribution in [-0.4, -0.2) is 87.7 Å². The maximum absolute atomic E-state index is 14.0. The number of anilines is 4. The molecule has 0 bridgehead atoms. The number of ketones is 1. The summed E-state index contributed by atoms with van der Waals surface area (Å²) >= 11 is 0. The van der Waals surface area contributed by atoms with Gasteiger partial charge < -0.3 is 24.1 Å². The van der Waals surface area contributed by atoms with E-state index in [1.165, 1.54) is 15.8 Å². The lowest BCUT2D eigenvalue weighted by atomic mass is 9.90. The number of hydrogen-bond acceptors (Lipinski definition) is 9. The average molecular weight is 647 g/mol. The predicted octanol–water partition coefficient (Wildman–Crippen LogP) is 3.24. The molecule has 246 valence electrons. The topological polar surface area (TPSA) is 118 Å². The smallest absolute Gasteiger partial charge is 0.276 e. The molecule has 0 spiro atoms. The van der Waals surface area contributed by atoms with E-state index in [4.69, 9.17) is 4.74 Å². The summed E-state index contributed by atoms with van der Waals surface area (Å²) in [5.74, 6) is 0.421. The molecular weight excluding hydrogens is 608 g/mol. The highest BCUT2D eigenvalue weighted by atomic mass is 16.5. The van der Waals surface area contributed by atoms with Crippen LogP contribution in [0.2, 0.25) is 0 Å². The second-order valence-corrected chi connectivity index (χ2v) is 14.4. The van der Waals surface area contributed by atoms with E-state index in [0.29, 0.717) is 64.5 Å². The van der Waals surface area contributed by atoms with Crippen molar-refractivity contribution < 1.29 is 14.3 Å². The zero-order valence-electron chi connectivity index (χ0n) is 27.5. The fourth-order valence-corrected chi connectivity index (χ4v) is 8.21. The minimum Gasteiger partial charge on any atom is -0.378 e. The Morgan fingerprint density at radius 3 is 2.46 bits per heavy atom. The fourth-order valence-electron chi connectivity index (χ4n) is 8.21. The Balaban J connectivity index is 0.979. The molecule has 9 rings (SSSR count). The van der Waals surface area contributed by atoms with Gasteiger partial charge in [-0.2, -0.15) is 0 Å². The second kappa shape index (κ2) is 10.6. The van der Waals surface area contributed by atoms with Gasteiger partial charge in [-0.1, -0.05) is 13.8 Å². The number of ether oxygens (including phenoxy) is 1. The van der Waals surface area contributed by atoms with Crippen molar-refractivity contribution in [2.24, 2.45) is 12.5 Å². The number of amides is 1. The molecule has 3 aliphatic heterocycles. The number of nitrogens with one attached hydrogen (secondary N) is 1. The van der Waals surface area contributed by atoms with Gasteiger partial charge in [-0.25, -0.2) is 9.97 Å². The van der Waals surface area contributed by atoms with Gasteiger partial charge >= 0.3 is 0 Å². The zero-order chi connectivity index (χ0) is 32.9. The van der Waals surface area contributed by atoms with Crippen LogP contribution in [0.4, 0.5) is 23.0 Å². The first kappa shape index (κ1) is 29.3. The van der Waals surface area contributed by atoms with Gasteiger partial charge in [0.2, 0.25) is 5.78 Å². The number of pyridine rings is 3. The quantitative estimate of drug-likeness (QED) is 0.307. The highest BCUT2D eigenvalue weighted by Gasteiger charge is 2.40. The lowest BCUT2D eigenvalue weighted by Gasteiger charge is -2.43. The minimum absolute atomic E-state index is 0.154. The van der Waals surface area contributed by atoms with Gasteiger partial charge in [0, 0.05) is 69.3 Å². The van der Waals surface area contributed by atoms with Gasteiger partial charge in [-0.15, -0.1) is 0 Å². The second-order valence-electron chi connectivity index (χ2n) is 14.4. The first-order valence-corrected chi connectivity index (χ1v) is 16.8. The monoisotopic (exact) mass is 646 g/mol. The molecule has 12 nitrogen and oxygen atoms in total. The van der Waals surface area contributed by atoms with Crippen molar-refractivity contribution in [1.29, 1.82) is 0 Å². The van der Waals surface area contributed by atoms with Crippen molar-refractivity contribution in [3.8, 4) is 11.1 Å². The minimum atomic E-state index is -0.337. The molecule has 12 heteroatoms. The Kier molecular flexibility index (Phi) is 6.48. The van der Waals surface area contributed by atoms with Gasteiger partial charge in [-0.05, 0) is 54.2 Å². The van der Waals surface area contributed by atoms with Crippen LogP contribution in [-0.2, 0) is 31.2 Å². The molecule has 0 unspecified atom stereocenters. The van der Waals surface area contributed by atoms with Crippen molar-refractivity contribution >= 4 is 34.7 Å². The summed E-state index contributed by atoms with van der Waals surface area (Å²) < 4.78 is 8.89. The number of aromatic nitrogens is 4. The van der Waals surface area contributed by atoms with Crippen LogP contribution in [0, 0.1) is 5.41 Å². The maximum Gasteiger partial charge on any atom is 0.276 e. The maximum atomic E-state index is 14.0. The highest BCUT2D eigenvalue weighted by molar-refractivity contribution is 6.24. The summed E-state index contributed by atoms with van der Waals surface area (Å²) in [6.45, 7) is 11.1. The van der Waals surface area contributed by atoms with Gasteiger partial charge in [0.1, 0.15) is 28.7 Å². The molecule has 5 aliphatic rings. The van der Waals surface area contributed by atoms with E-state index in [2.05, 4.69) is 43.5 Å². The molecule has 0 aromatic carbocycles. The van der Waals surface area contributed by atoms with Crippen LogP contribution in [0.15, 0.2) is 47.5 Å². The molecule has 2 saturated heterocycles. The lowest BCUT2D eigenvalue weighted by Crippen LogP contribution is -2.56. The highest BCUT2D eigenvalue weighted by Crippen LogP contribution is 2.43. The Hall–Kier alpha value is -4.81. The molecule has 0 atom stereocenters. The van der Waals surface area contributed by atoms with E-state index < -0.39 is 0 Å². The van der Waals surface area contributed by atoms with Crippen molar-refractivity contribution in [1.82, 2.24) is 24.0 Å². The third-order valence-electron chi connectivity index (χ3n) is 10.8. The van der Waals surface area contributed by atoms with E-state index in [1.807, 2.05) is 24.4 Å². The van der Waals surface area contributed by atoms with Crippen LogP contribution in [0.25, 0.3) is 11.1 Å². The Morgan fingerprint density at radius 1 is 0.917 bits per heavy atom. The summed E-state index contributed by atoms with van der Waals surface area (Å²) in [7, 11) is 1.61. The third kappa shape index (κ3) is 4.46. The van der Waals surface area contributed by atoms with Gasteiger partial charge in [0.15, 0.2) is 0 Å². The molecule has 2 aliphatic carbocycles. The zero-order valence-corrected chi connectivity index (χ0v) is 27.5. The number of hydrogen-bond donors (Lipinski definition) is 1. The SMILES string of the molecule is Cn1c2c(cc(Nc3ccc(N4CCN(C5COC5)CC4)cn3)c1=O)-c1ccnc(N3CCn4c(cc5c4CC(C)(C)C5)C3=O)c1C2=O. The van der Waals surface area contributed by atoms with E-state index in [1.54, 1.807) is 30.3 Å². The normalized spacial score (nSPS) is 20.0. The molecule has 0 saturated carbocycles. The van der Waals surface area contributed by atoms with Crippen LogP contribution in [0.5, 0.6) is 0 Å². The number of piperazine rings is 1. The van der Waals surface area contributed by atoms with E-state index in [9.17, 15) is 14.4 Å². The van der Waals surface area contributed by atoms with Crippen LogP contribution >= 0.6 is 0 Å². The predicted molar refractivity (Wildman–Crippen MR) is 182 cm³/mol. The van der Waals surface area contributed by atoms with Crippen LogP contribution < -0.4 is 20.7 Å². The van der Waals surface area contributed by atoms with Gasteiger partial charge in [0.25, 0.3) is 11.5 Å². The Bertz CT molecular complexity index is 2070. The van der Waals surface area contributed by atoms with Crippen molar-refractivity contribution in [2.45, 2.75) is 39.3 Å². The molecule has 0 radical (unpaired) electrons. The van der Waals surface area contributed by atoms with E-state index in [-0.39, 0.29) is 22.7 Å². The van der Waals surface area contributed by atoms with E-state index >= 15 is 0 Å². The number of carbonyl (C=O) groups is 2. The lowest BCUT2D eigenvalue weighted by molar-refractivity contribution is -0.0660. The third-order valence-corrected chi connectivity index (χ3v) is 10.8. The number of fused-ring (bicyclic) bond motifs is 6. The molecule has 48 heavy (non-hydrogen) atoms. The summed E-state index contributed by atoms with van der Waals surface area (Å²) in [5, 5.41) is 3.20. The summed E-state index contributed by atoms with van der Waals surface area (Å²) in [5.41, 5.74) is 6.27. The van der Waals surface area contributed by atoms with Crippen molar-refractivity contribution in [2.75, 3.05) is 61.1 Å². The molecule has 7 heterocycles. The molecule has 1 amide bonds.